The van der Waals surface area contributed by atoms with Crippen LogP contribution >= 0.6 is 0 Å². The number of hydrazine groups is 1. The highest BCUT2D eigenvalue weighted by molar-refractivity contribution is 7.90. The molecule has 150 valence electrons. The Morgan fingerprint density at radius 3 is 2.71 bits per heavy atom. The molecule has 0 aliphatic carbocycles. The van der Waals surface area contributed by atoms with Gasteiger partial charge in [-0.1, -0.05) is 0 Å². The summed E-state index contributed by atoms with van der Waals surface area (Å²) in [5.74, 6) is -0.328. The molecule has 3 aliphatic heterocycles. The molecule has 1 aromatic rings. The van der Waals surface area contributed by atoms with E-state index in [9.17, 15) is 12.8 Å². The van der Waals surface area contributed by atoms with Crippen molar-refractivity contribution in [3.63, 3.8) is 0 Å². The molecule has 4 rings (SSSR count). The van der Waals surface area contributed by atoms with Crippen LogP contribution in [-0.4, -0.2) is 45.6 Å². The van der Waals surface area contributed by atoms with Crippen molar-refractivity contribution in [1.82, 2.24) is 19.3 Å². The number of hydrogen-bond donors (Lipinski definition) is 0. The standard InChI is InChI=1S/C20H25FN4O2S/c1-20(2,3)28(26,27)25-10-7-18-12-17(6-9-24(18)25)23-8-4-5-19(23)15-11-16(21)14-22-13-15/h6-7,9,11-14,19H,4-5,8,10H2,1-3H3/t19-/m1/s1. The average molecular weight is 405 g/mol. The molecule has 0 unspecified atom stereocenters. The maximum absolute atomic E-state index is 13.6. The summed E-state index contributed by atoms with van der Waals surface area (Å²) in [6.45, 7) is 6.31. The van der Waals surface area contributed by atoms with Crippen LogP contribution < -0.4 is 0 Å². The van der Waals surface area contributed by atoms with Crippen LogP contribution in [-0.2, 0) is 10.0 Å². The second kappa shape index (κ2) is 6.70. The third-order valence-electron chi connectivity index (χ3n) is 5.39. The van der Waals surface area contributed by atoms with Crippen molar-refractivity contribution in [3.8, 4) is 0 Å². The maximum atomic E-state index is 13.6. The fourth-order valence-electron chi connectivity index (χ4n) is 3.86. The molecule has 1 saturated heterocycles. The third-order valence-corrected chi connectivity index (χ3v) is 7.82. The lowest BCUT2D eigenvalue weighted by Crippen LogP contribution is -2.47. The normalized spacial score (nSPS) is 23.1. The monoisotopic (exact) mass is 404 g/mol. The van der Waals surface area contributed by atoms with Crippen LogP contribution in [0.5, 0.6) is 0 Å². The van der Waals surface area contributed by atoms with Gasteiger partial charge in [-0.05, 0) is 63.5 Å². The summed E-state index contributed by atoms with van der Waals surface area (Å²) in [4.78, 5) is 6.23. The second-order valence-electron chi connectivity index (χ2n) is 8.27. The lowest BCUT2D eigenvalue weighted by Gasteiger charge is -2.36. The van der Waals surface area contributed by atoms with Gasteiger partial charge >= 0.3 is 0 Å². The van der Waals surface area contributed by atoms with Crippen LogP contribution in [0.15, 0.2) is 54.3 Å². The number of hydrogen-bond acceptors (Lipinski definition) is 5. The van der Waals surface area contributed by atoms with Gasteiger partial charge in [-0.2, -0.15) is 0 Å². The first-order chi connectivity index (χ1) is 13.2. The van der Waals surface area contributed by atoms with Crippen LogP contribution in [0, 0.1) is 5.82 Å². The number of nitrogens with zero attached hydrogens (tertiary/aromatic N) is 4. The van der Waals surface area contributed by atoms with Gasteiger partial charge in [-0.25, -0.2) is 12.8 Å². The van der Waals surface area contributed by atoms with Crippen molar-refractivity contribution in [2.24, 2.45) is 0 Å². The van der Waals surface area contributed by atoms with Gasteiger partial charge in [0.25, 0.3) is 0 Å². The molecule has 1 fully saturated rings. The van der Waals surface area contributed by atoms with Gasteiger partial charge in [0.1, 0.15) is 5.82 Å². The summed E-state index contributed by atoms with van der Waals surface area (Å²) < 4.78 is 39.9. The number of aromatic nitrogens is 1. The van der Waals surface area contributed by atoms with Gasteiger partial charge in [0.15, 0.2) is 0 Å². The number of halogens is 1. The number of likely N-dealkylation sites (tertiary alicyclic amines) is 1. The highest BCUT2D eigenvalue weighted by Gasteiger charge is 2.41. The van der Waals surface area contributed by atoms with E-state index in [0.29, 0.717) is 6.54 Å². The lowest BCUT2D eigenvalue weighted by molar-refractivity contribution is 0.200. The minimum Gasteiger partial charge on any atom is -0.364 e. The van der Waals surface area contributed by atoms with E-state index in [1.807, 2.05) is 18.2 Å². The van der Waals surface area contributed by atoms with Crippen LogP contribution in [0.1, 0.15) is 45.2 Å². The van der Waals surface area contributed by atoms with E-state index in [-0.39, 0.29) is 11.9 Å². The van der Waals surface area contributed by atoms with E-state index in [0.717, 1.165) is 36.3 Å². The minimum absolute atomic E-state index is 0.0714. The Morgan fingerprint density at radius 1 is 1.21 bits per heavy atom. The average Bonchev–Trinajstić information content (AvgIpc) is 3.27. The first-order valence-electron chi connectivity index (χ1n) is 9.47. The van der Waals surface area contributed by atoms with Gasteiger partial charge in [0.05, 0.1) is 29.2 Å². The predicted octanol–water partition coefficient (Wildman–Crippen LogP) is 3.31. The van der Waals surface area contributed by atoms with E-state index in [1.165, 1.54) is 10.6 Å². The number of fused-ring (bicyclic) bond motifs is 1. The van der Waals surface area contributed by atoms with E-state index in [4.69, 9.17) is 0 Å². The van der Waals surface area contributed by atoms with Gasteiger partial charge in [0.2, 0.25) is 10.0 Å². The highest BCUT2D eigenvalue weighted by Crippen LogP contribution is 2.38. The summed E-state index contributed by atoms with van der Waals surface area (Å²) in [6, 6.07) is 1.61. The molecule has 1 atom stereocenters. The number of pyridine rings is 1. The smallest absolute Gasteiger partial charge is 0.236 e. The molecule has 0 aromatic carbocycles. The zero-order valence-electron chi connectivity index (χ0n) is 16.3. The topological polar surface area (TPSA) is 56.8 Å². The number of sulfonamides is 1. The fourth-order valence-corrected chi connectivity index (χ4v) is 5.14. The van der Waals surface area contributed by atoms with Gasteiger partial charge < -0.3 is 4.90 Å². The molecule has 8 heteroatoms. The highest BCUT2D eigenvalue weighted by atomic mass is 32.2. The molecule has 3 aliphatic rings. The largest absolute Gasteiger partial charge is 0.364 e. The first-order valence-corrected chi connectivity index (χ1v) is 10.9. The zero-order chi connectivity index (χ0) is 20.1. The lowest BCUT2D eigenvalue weighted by atomic mass is 10.1. The summed E-state index contributed by atoms with van der Waals surface area (Å²) in [5.41, 5.74) is 2.71. The SMILES string of the molecule is CC(C)(C)S(=O)(=O)N1CC=C2C=C(N3CCC[C@@H]3c3cncc(F)c3)C=CN21. The van der Waals surface area contributed by atoms with Crippen LogP contribution in [0.3, 0.4) is 0 Å². The van der Waals surface area contributed by atoms with E-state index in [1.54, 1.807) is 44.2 Å². The molecule has 6 nitrogen and oxygen atoms in total. The molecule has 28 heavy (non-hydrogen) atoms. The van der Waals surface area contributed by atoms with Gasteiger partial charge in [-0.15, -0.1) is 4.41 Å². The fraction of sp³-hybridized carbons (Fsp3) is 0.450. The summed E-state index contributed by atoms with van der Waals surface area (Å²) in [6.07, 6.45) is 12.5. The second-order valence-corrected chi connectivity index (χ2v) is 10.9. The summed E-state index contributed by atoms with van der Waals surface area (Å²) in [5, 5.41) is 1.69. The quantitative estimate of drug-likeness (QED) is 0.774. The van der Waals surface area contributed by atoms with Crippen molar-refractivity contribution in [2.75, 3.05) is 13.1 Å². The zero-order valence-corrected chi connectivity index (χ0v) is 17.2. The molecule has 0 bridgehead atoms. The van der Waals surface area contributed by atoms with Crippen molar-refractivity contribution >= 4 is 10.0 Å². The molecule has 1 aromatic heterocycles. The van der Waals surface area contributed by atoms with Crippen LogP contribution in [0.2, 0.25) is 0 Å². The molecule has 0 spiro atoms. The molecule has 0 saturated carbocycles. The van der Waals surface area contributed by atoms with Crippen LogP contribution in [0.4, 0.5) is 4.39 Å². The van der Waals surface area contributed by atoms with Crippen molar-refractivity contribution in [1.29, 1.82) is 0 Å². The molecular formula is C20H25FN4O2S. The van der Waals surface area contributed by atoms with Crippen molar-refractivity contribution in [3.05, 3.63) is 65.7 Å². The summed E-state index contributed by atoms with van der Waals surface area (Å²) in [7, 11) is -3.48. The molecule has 0 radical (unpaired) electrons. The van der Waals surface area contributed by atoms with Crippen molar-refractivity contribution < 1.29 is 12.8 Å². The number of allylic oxidation sites excluding steroid dienone is 2. The summed E-state index contributed by atoms with van der Waals surface area (Å²) >= 11 is 0. The Kier molecular flexibility index (Phi) is 4.58. The molecule has 4 heterocycles. The van der Waals surface area contributed by atoms with E-state index in [2.05, 4.69) is 9.88 Å². The van der Waals surface area contributed by atoms with Crippen LogP contribution in [0.25, 0.3) is 0 Å². The number of rotatable bonds is 3. The minimum atomic E-state index is -3.48. The Hall–Kier alpha value is -2.19. The first kappa shape index (κ1) is 19.1. The van der Waals surface area contributed by atoms with Gasteiger partial charge in [0, 0.05) is 24.6 Å². The maximum Gasteiger partial charge on any atom is 0.236 e. The molecule has 0 amide bonds. The van der Waals surface area contributed by atoms with E-state index < -0.39 is 14.8 Å². The Balaban J connectivity index is 1.58. The van der Waals surface area contributed by atoms with E-state index >= 15 is 0 Å². The molecule has 0 N–H and O–H groups in total. The van der Waals surface area contributed by atoms with Crippen molar-refractivity contribution in [2.45, 2.75) is 44.4 Å². The Bertz CT molecular complexity index is 978. The predicted molar refractivity (Wildman–Crippen MR) is 105 cm³/mol. The Labute approximate surface area is 165 Å². The van der Waals surface area contributed by atoms with Gasteiger partial charge in [-0.3, -0.25) is 9.99 Å². The molecular weight excluding hydrogens is 379 g/mol. The third kappa shape index (κ3) is 3.14. The Morgan fingerprint density at radius 2 is 2.00 bits per heavy atom.